The van der Waals surface area contributed by atoms with Gasteiger partial charge < -0.3 is 20.8 Å². The zero-order chi connectivity index (χ0) is 40.4. The lowest BCUT2D eigenvalue weighted by atomic mass is 10.1. The molecule has 0 atom stereocenters. The van der Waals surface area contributed by atoms with Crippen LogP contribution in [-0.4, -0.2) is 59.0 Å². The van der Waals surface area contributed by atoms with E-state index in [0.717, 1.165) is 12.1 Å². The summed E-state index contributed by atoms with van der Waals surface area (Å²) in [6, 6.07) is 16.5. The highest BCUT2D eigenvalue weighted by Crippen LogP contribution is 2.51. The Morgan fingerprint density at radius 2 is 0.893 bits per heavy atom. The molecule has 288 valence electrons. The second kappa shape index (κ2) is 12.0. The summed E-state index contributed by atoms with van der Waals surface area (Å²) in [6.07, 6.45) is 0. The summed E-state index contributed by atoms with van der Waals surface area (Å²) in [5.41, 5.74) is -1.29. The summed E-state index contributed by atoms with van der Waals surface area (Å²) < 4.78 is 129. The van der Waals surface area contributed by atoms with Gasteiger partial charge in [0.15, 0.2) is 0 Å². The molecular formula is C35H26N4O13S4. The number of phenolic OH excluding ortho intramolecular Hbond substituents is 2. The van der Waals surface area contributed by atoms with Gasteiger partial charge in [0.05, 0.1) is 34.1 Å². The number of carbonyl (C=O) groups is 1. The Morgan fingerprint density at radius 1 is 0.536 bits per heavy atom. The lowest BCUT2D eigenvalue weighted by molar-refractivity contribution is 0.262. The molecule has 4 aliphatic heterocycles. The zero-order valence-corrected chi connectivity index (χ0v) is 31.8. The van der Waals surface area contributed by atoms with Crippen molar-refractivity contribution in [2.24, 2.45) is 0 Å². The largest absolute Gasteiger partial charge is 0.507 e. The van der Waals surface area contributed by atoms with E-state index < -0.39 is 77.3 Å². The van der Waals surface area contributed by atoms with Crippen molar-refractivity contribution in [3.8, 4) is 11.5 Å². The molecule has 0 spiro atoms. The number of carbonyl (C=O) groups excluding carboxylic acids is 1. The number of anilines is 6. The van der Waals surface area contributed by atoms with Crippen LogP contribution in [0.25, 0.3) is 21.5 Å². The van der Waals surface area contributed by atoms with Gasteiger partial charge in [-0.25, -0.2) is 30.2 Å². The van der Waals surface area contributed by atoms with Crippen molar-refractivity contribution in [3.63, 3.8) is 0 Å². The standard InChI is InChI=1S/C35H26N4O13S4/c1-17-23-13-15-29(53(43,44)38(23)25-11-9-19-21(5-3-7-27(19)40)33(25)55(47,48)49)31(17)36-35(42)37-32-18(2)24-14-16-30(32)54(45,46)39(24)26-12-10-20-22(6-4-8-28(20)41)34(26)56(50,51)52/h3-16,40-41H,1-2H3,(H2,36,37,42)(H,47,48,49)(H,50,51,52). The van der Waals surface area contributed by atoms with E-state index in [9.17, 15) is 57.8 Å². The number of benzene rings is 6. The predicted molar refractivity (Wildman–Crippen MR) is 205 cm³/mol. The van der Waals surface area contributed by atoms with E-state index in [0.29, 0.717) is 8.61 Å². The van der Waals surface area contributed by atoms with Gasteiger partial charge in [-0.15, -0.1) is 0 Å². The van der Waals surface area contributed by atoms with Crippen LogP contribution in [0.5, 0.6) is 11.5 Å². The van der Waals surface area contributed by atoms with Crippen LogP contribution in [-0.2, 0) is 40.3 Å². The molecule has 0 saturated heterocycles. The molecule has 0 saturated carbocycles. The SMILES string of the molecule is Cc1c2ccc(c1NC(=O)Nc1c3ccc(c1C)N(c1ccc4c(O)cccc4c1S(=O)(=O)O)S3(=O)=O)S(=O)(=O)N2c1ccc2c(O)cccc2c1S(=O)(=O)O. The van der Waals surface area contributed by atoms with Crippen LogP contribution in [0, 0.1) is 13.8 Å². The molecule has 0 unspecified atom stereocenters. The number of hydrogen-bond donors (Lipinski definition) is 6. The van der Waals surface area contributed by atoms with Crippen molar-refractivity contribution in [1.29, 1.82) is 0 Å². The molecular weight excluding hydrogens is 813 g/mol. The van der Waals surface area contributed by atoms with Crippen LogP contribution in [0.2, 0.25) is 0 Å². The van der Waals surface area contributed by atoms with Gasteiger partial charge in [-0.2, -0.15) is 16.8 Å². The van der Waals surface area contributed by atoms with Gasteiger partial charge in [-0.05, 0) is 85.6 Å². The third-order valence-corrected chi connectivity index (χ3v) is 15.1. The average Bonchev–Trinajstić information content (AvgIpc) is 3.09. The first-order valence-electron chi connectivity index (χ1n) is 16.1. The van der Waals surface area contributed by atoms with Crippen LogP contribution < -0.4 is 19.2 Å². The van der Waals surface area contributed by atoms with Crippen molar-refractivity contribution in [3.05, 3.63) is 96.1 Å². The van der Waals surface area contributed by atoms with Gasteiger partial charge >= 0.3 is 6.03 Å². The van der Waals surface area contributed by atoms with Gasteiger partial charge in [0.25, 0.3) is 40.3 Å². The minimum Gasteiger partial charge on any atom is -0.507 e. The van der Waals surface area contributed by atoms with Gasteiger partial charge in [-0.1, -0.05) is 24.3 Å². The summed E-state index contributed by atoms with van der Waals surface area (Å²) in [4.78, 5) is 11.1. The number of rotatable bonds is 6. The predicted octanol–water partition coefficient (Wildman–Crippen LogP) is 5.84. The van der Waals surface area contributed by atoms with E-state index in [4.69, 9.17) is 0 Å². The Morgan fingerprint density at radius 3 is 1.25 bits per heavy atom. The lowest BCUT2D eigenvalue weighted by Crippen LogP contribution is -2.36. The number of hydrogen-bond acceptors (Lipinski definition) is 11. The van der Waals surface area contributed by atoms with E-state index in [1.54, 1.807) is 0 Å². The molecule has 0 aliphatic carbocycles. The quantitative estimate of drug-likeness (QED) is 0.108. The lowest BCUT2D eigenvalue weighted by Gasteiger charge is -2.35. The van der Waals surface area contributed by atoms with Crippen LogP contribution in [0.4, 0.5) is 38.9 Å². The minimum atomic E-state index is -5.10. The molecule has 0 fully saturated rings. The second-order valence-electron chi connectivity index (χ2n) is 12.8. The van der Waals surface area contributed by atoms with Crippen molar-refractivity contribution in [1.82, 2.24) is 0 Å². The fraction of sp³-hybridized carbons (Fsp3) is 0.0571. The molecule has 6 aromatic carbocycles. The van der Waals surface area contributed by atoms with Gasteiger partial charge in [0.2, 0.25) is 0 Å². The number of sulfonamides is 2. The van der Waals surface area contributed by atoms with E-state index in [1.807, 2.05) is 0 Å². The average molecular weight is 839 g/mol. The van der Waals surface area contributed by atoms with Crippen molar-refractivity contribution in [2.75, 3.05) is 19.2 Å². The van der Waals surface area contributed by atoms with E-state index >= 15 is 0 Å². The van der Waals surface area contributed by atoms with Gasteiger partial charge in [0.1, 0.15) is 31.1 Å². The van der Waals surface area contributed by atoms with E-state index in [2.05, 4.69) is 10.6 Å². The van der Waals surface area contributed by atoms with Gasteiger partial charge in [0, 0.05) is 21.5 Å². The maximum Gasteiger partial charge on any atom is 0.323 e. The van der Waals surface area contributed by atoms with Crippen LogP contribution in [0.15, 0.2) is 105 Å². The molecule has 2 amide bonds. The van der Waals surface area contributed by atoms with Crippen molar-refractivity contribution < 1.29 is 57.8 Å². The fourth-order valence-electron chi connectivity index (χ4n) is 7.23. The highest BCUT2D eigenvalue weighted by molar-refractivity contribution is 7.94. The van der Waals surface area contributed by atoms with Crippen LogP contribution >= 0.6 is 0 Å². The normalized spacial score (nSPS) is 15.4. The molecule has 21 heteroatoms. The first-order valence-corrected chi connectivity index (χ1v) is 21.8. The maximum absolute atomic E-state index is 14.1. The topological polar surface area (TPSA) is 265 Å². The molecule has 4 bridgehead atoms. The molecule has 0 aromatic heterocycles. The Kier molecular flexibility index (Phi) is 7.93. The number of aromatic hydroxyl groups is 2. The number of amides is 2. The zero-order valence-electron chi connectivity index (χ0n) is 28.6. The third kappa shape index (κ3) is 5.27. The van der Waals surface area contributed by atoms with E-state index in [-0.39, 0.29) is 66.9 Å². The molecule has 0 radical (unpaired) electrons. The molecule has 6 aromatic rings. The maximum atomic E-state index is 14.1. The molecule has 6 N–H and O–H groups in total. The Bertz CT molecular complexity index is 3050. The molecule has 4 heterocycles. The van der Waals surface area contributed by atoms with E-state index in [1.165, 1.54) is 86.6 Å². The second-order valence-corrected chi connectivity index (χ2v) is 19.0. The van der Waals surface area contributed by atoms with Crippen molar-refractivity contribution >= 4 is 102 Å². The Balaban J connectivity index is 1.18. The molecule has 10 rings (SSSR count). The Hall–Kier alpha value is -5.97. The first-order chi connectivity index (χ1) is 26.2. The highest BCUT2D eigenvalue weighted by atomic mass is 32.2. The molecule has 56 heavy (non-hydrogen) atoms. The summed E-state index contributed by atoms with van der Waals surface area (Å²) in [5.74, 6) is -0.640. The van der Waals surface area contributed by atoms with Gasteiger partial charge in [-0.3, -0.25) is 9.11 Å². The number of nitrogens with one attached hydrogen (secondary N) is 2. The smallest absolute Gasteiger partial charge is 0.323 e. The highest BCUT2D eigenvalue weighted by Gasteiger charge is 2.43. The van der Waals surface area contributed by atoms with Crippen molar-refractivity contribution in [2.45, 2.75) is 33.4 Å². The monoisotopic (exact) mass is 838 g/mol. The number of nitrogens with zero attached hydrogens (tertiary/aromatic N) is 2. The first kappa shape index (κ1) is 37.0. The summed E-state index contributed by atoms with van der Waals surface area (Å²) in [5, 5.41) is 25.3. The number of fused-ring (bicyclic) bond motifs is 8. The molecule has 17 nitrogen and oxygen atoms in total. The summed E-state index contributed by atoms with van der Waals surface area (Å²) >= 11 is 0. The summed E-state index contributed by atoms with van der Waals surface area (Å²) in [7, 11) is -19.6. The Labute approximate surface area is 318 Å². The summed E-state index contributed by atoms with van der Waals surface area (Å²) in [6.45, 7) is 2.88. The number of phenols is 2. The molecule has 4 aliphatic rings. The fourth-order valence-corrected chi connectivity index (χ4v) is 12.6. The van der Waals surface area contributed by atoms with Crippen LogP contribution in [0.3, 0.4) is 0 Å². The third-order valence-electron chi connectivity index (χ3n) is 9.64. The van der Waals surface area contributed by atoms with Crippen LogP contribution in [0.1, 0.15) is 11.1 Å². The number of urea groups is 1. The minimum absolute atomic E-state index is 0.0244.